The van der Waals surface area contributed by atoms with Gasteiger partial charge in [-0.1, -0.05) is 153 Å². The molecule has 1 aromatic heterocycles. The first-order chi connectivity index (χ1) is 24.0. The quantitative estimate of drug-likeness (QED) is 0.171. The number of nitrogens with zero attached hydrogens (tertiary/aromatic N) is 1. The Balaban J connectivity index is 1.15. The van der Waals surface area contributed by atoms with Crippen LogP contribution in [0.25, 0.3) is 27.8 Å². The SMILES string of the molecule is Cc1ncccc1C(C)(C)c1cc(-c2ccc(-c3ccc4c(c3)C3=C(CC=CC=C3)C4c3ccccc3)cc2)ccc1Cc1ccccc1. The Kier molecular flexibility index (Phi) is 8.06. The van der Waals surface area contributed by atoms with Crippen LogP contribution in [0.3, 0.4) is 0 Å². The van der Waals surface area contributed by atoms with E-state index < -0.39 is 0 Å². The highest BCUT2D eigenvalue weighted by atomic mass is 14.7. The Morgan fingerprint density at radius 1 is 0.653 bits per heavy atom. The summed E-state index contributed by atoms with van der Waals surface area (Å²) in [6.45, 7) is 6.80. The van der Waals surface area contributed by atoms with Crippen molar-refractivity contribution in [3.8, 4) is 22.3 Å². The van der Waals surface area contributed by atoms with E-state index in [1.165, 1.54) is 72.3 Å². The molecule has 0 aliphatic heterocycles. The highest BCUT2D eigenvalue weighted by Crippen LogP contribution is 2.49. The van der Waals surface area contributed by atoms with Crippen LogP contribution in [0, 0.1) is 6.92 Å². The monoisotopic (exact) mass is 631 g/mol. The lowest BCUT2D eigenvalue weighted by Crippen LogP contribution is -2.23. The van der Waals surface area contributed by atoms with Crippen LogP contribution < -0.4 is 0 Å². The van der Waals surface area contributed by atoms with Crippen molar-refractivity contribution in [3.05, 3.63) is 214 Å². The average Bonchev–Trinajstić information content (AvgIpc) is 3.25. The molecule has 0 saturated heterocycles. The molecule has 0 bridgehead atoms. The van der Waals surface area contributed by atoms with Gasteiger partial charge >= 0.3 is 0 Å². The highest BCUT2D eigenvalue weighted by Gasteiger charge is 2.32. The van der Waals surface area contributed by atoms with Crippen molar-refractivity contribution >= 4 is 5.57 Å². The first-order valence-corrected chi connectivity index (χ1v) is 17.4. The summed E-state index contributed by atoms with van der Waals surface area (Å²) in [5.74, 6) is 0.300. The number of fused-ring (bicyclic) bond motifs is 2. The van der Waals surface area contributed by atoms with E-state index in [2.05, 4.69) is 184 Å². The summed E-state index contributed by atoms with van der Waals surface area (Å²) in [5.41, 5.74) is 18.1. The molecule has 5 aromatic carbocycles. The lowest BCUT2D eigenvalue weighted by molar-refractivity contribution is 0.624. The smallest absolute Gasteiger partial charge is 0.0413 e. The molecule has 0 amide bonds. The van der Waals surface area contributed by atoms with E-state index in [0.717, 1.165) is 18.5 Å². The van der Waals surface area contributed by atoms with Crippen LogP contribution in [0.2, 0.25) is 0 Å². The maximum atomic E-state index is 4.66. The summed E-state index contributed by atoms with van der Waals surface area (Å²) in [5, 5.41) is 0. The third-order valence-corrected chi connectivity index (χ3v) is 10.6. The highest BCUT2D eigenvalue weighted by molar-refractivity contribution is 5.89. The zero-order chi connectivity index (χ0) is 33.4. The van der Waals surface area contributed by atoms with Gasteiger partial charge in [0.2, 0.25) is 0 Å². The molecule has 2 aliphatic rings. The zero-order valence-electron chi connectivity index (χ0n) is 28.5. The van der Waals surface area contributed by atoms with Crippen LogP contribution in [0.15, 0.2) is 170 Å². The van der Waals surface area contributed by atoms with Crippen molar-refractivity contribution in [2.75, 3.05) is 0 Å². The molecule has 1 nitrogen and oxygen atoms in total. The average molecular weight is 632 g/mol. The molecule has 8 rings (SSSR count). The molecule has 2 aliphatic carbocycles. The number of allylic oxidation sites excluding steroid dienone is 6. The lowest BCUT2D eigenvalue weighted by Gasteiger charge is -2.30. The minimum absolute atomic E-state index is 0.212. The van der Waals surface area contributed by atoms with Crippen molar-refractivity contribution in [3.63, 3.8) is 0 Å². The molecule has 0 spiro atoms. The van der Waals surface area contributed by atoms with Crippen LogP contribution in [0.5, 0.6) is 0 Å². The largest absolute Gasteiger partial charge is 0.261 e. The predicted molar refractivity (Wildman–Crippen MR) is 206 cm³/mol. The molecule has 238 valence electrons. The van der Waals surface area contributed by atoms with Crippen molar-refractivity contribution in [1.29, 1.82) is 0 Å². The van der Waals surface area contributed by atoms with Gasteiger partial charge in [-0.25, -0.2) is 0 Å². The molecule has 0 saturated carbocycles. The van der Waals surface area contributed by atoms with Gasteiger partial charge in [0.05, 0.1) is 0 Å². The van der Waals surface area contributed by atoms with Gasteiger partial charge in [0, 0.05) is 23.2 Å². The minimum Gasteiger partial charge on any atom is -0.261 e. The van der Waals surface area contributed by atoms with Crippen molar-refractivity contribution < 1.29 is 0 Å². The molecular weight excluding hydrogens is 591 g/mol. The molecule has 0 fully saturated rings. The predicted octanol–water partition coefficient (Wildman–Crippen LogP) is 12.1. The number of hydrogen-bond acceptors (Lipinski definition) is 1. The van der Waals surface area contributed by atoms with Crippen LogP contribution >= 0.6 is 0 Å². The van der Waals surface area contributed by atoms with Crippen LogP contribution in [0.4, 0.5) is 0 Å². The number of hydrogen-bond donors (Lipinski definition) is 0. The van der Waals surface area contributed by atoms with Gasteiger partial charge in [0.15, 0.2) is 0 Å². The maximum Gasteiger partial charge on any atom is 0.0413 e. The van der Waals surface area contributed by atoms with Gasteiger partial charge < -0.3 is 0 Å². The Morgan fingerprint density at radius 2 is 1.33 bits per heavy atom. The number of aryl methyl sites for hydroxylation is 1. The van der Waals surface area contributed by atoms with Crippen LogP contribution in [-0.2, 0) is 11.8 Å². The first-order valence-electron chi connectivity index (χ1n) is 17.4. The molecule has 1 heteroatoms. The Labute approximate surface area is 291 Å². The van der Waals surface area contributed by atoms with Gasteiger partial charge in [-0.15, -0.1) is 0 Å². The summed E-state index contributed by atoms with van der Waals surface area (Å²) in [4.78, 5) is 4.66. The zero-order valence-corrected chi connectivity index (χ0v) is 28.5. The maximum absolute atomic E-state index is 4.66. The first kappa shape index (κ1) is 30.8. The third kappa shape index (κ3) is 5.80. The Morgan fingerprint density at radius 3 is 2.06 bits per heavy atom. The molecule has 1 unspecified atom stereocenters. The van der Waals surface area contributed by atoms with Gasteiger partial charge in [-0.05, 0) is 110 Å². The molecule has 0 N–H and O–H groups in total. The number of aromatic nitrogens is 1. The summed E-state index contributed by atoms with van der Waals surface area (Å²) in [6, 6.07) is 49.3. The molecular formula is C48H41N. The van der Waals surface area contributed by atoms with Gasteiger partial charge in [0.25, 0.3) is 0 Å². The van der Waals surface area contributed by atoms with Gasteiger partial charge in [-0.2, -0.15) is 0 Å². The summed E-state index contributed by atoms with van der Waals surface area (Å²) in [6.07, 6.45) is 12.7. The fraction of sp³-hybridized carbons (Fsp3) is 0.146. The fourth-order valence-corrected chi connectivity index (χ4v) is 8.07. The number of pyridine rings is 1. The van der Waals surface area contributed by atoms with Crippen LogP contribution in [-0.4, -0.2) is 4.98 Å². The van der Waals surface area contributed by atoms with Crippen molar-refractivity contribution in [2.45, 2.75) is 44.9 Å². The topological polar surface area (TPSA) is 12.9 Å². The standard InChI is InChI=1S/C48H41N/c1-33-45(20-13-29-49-33)48(2,3)46-32-39(25-26-40(46)30-34-14-7-4-8-15-34)36-23-21-35(22-24-36)38-27-28-43-44(31-38)41-18-11-6-12-19-42(41)47(43)37-16-9-5-10-17-37/h4-18,20-29,31-32,47H,19,30H2,1-3H3. The molecule has 1 atom stereocenters. The van der Waals surface area contributed by atoms with E-state index in [0.29, 0.717) is 5.92 Å². The summed E-state index contributed by atoms with van der Waals surface area (Å²) < 4.78 is 0. The Hall–Kier alpha value is -5.53. The van der Waals surface area contributed by atoms with Gasteiger partial charge in [-0.3, -0.25) is 4.98 Å². The molecule has 1 heterocycles. The van der Waals surface area contributed by atoms with Crippen LogP contribution in [0.1, 0.15) is 70.8 Å². The van der Waals surface area contributed by atoms with Crippen molar-refractivity contribution in [1.82, 2.24) is 4.98 Å². The van der Waals surface area contributed by atoms with E-state index in [4.69, 9.17) is 0 Å². The van der Waals surface area contributed by atoms with Gasteiger partial charge in [0.1, 0.15) is 0 Å². The van der Waals surface area contributed by atoms with E-state index in [1.54, 1.807) is 0 Å². The normalized spacial score (nSPS) is 15.2. The Bertz CT molecular complexity index is 2230. The van der Waals surface area contributed by atoms with E-state index in [9.17, 15) is 0 Å². The van der Waals surface area contributed by atoms with E-state index in [1.807, 2.05) is 6.20 Å². The number of benzene rings is 5. The molecule has 6 aromatic rings. The van der Waals surface area contributed by atoms with Crippen molar-refractivity contribution in [2.24, 2.45) is 0 Å². The number of rotatable bonds is 7. The second kappa shape index (κ2) is 12.8. The molecule has 49 heavy (non-hydrogen) atoms. The second-order valence-corrected chi connectivity index (χ2v) is 13.9. The molecule has 0 radical (unpaired) electrons. The minimum atomic E-state index is -0.212. The van der Waals surface area contributed by atoms with E-state index in [-0.39, 0.29) is 5.41 Å². The third-order valence-electron chi connectivity index (χ3n) is 10.6. The lowest BCUT2D eigenvalue weighted by atomic mass is 9.74. The summed E-state index contributed by atoms with van der Waals surface area (Å²) >= 11 is 0. The van der Waals surface area contributed by atoms with E-state index >= 15 is 0 Å². The fourth-order valence-electron chi connectivity index (χ4n) is 8.07. The summed E-state index contributed by atoms with van der Waals surface area (Å²) in [7, 11) is 0. The second-order valence-electron chi connectivity index (χ2n) is 13.9.